The molecule has 1 saturated heterocycles. The number of hydrogen-bond donors (Lipinski definition) is 0. The highest BCUT2D eigenvalue weighted by atomic mass is 35.5. The fourth-order valence-corrected chi connectivity index (χ4v) is 2.76. The summed E-state index contributed by atoms with van der Waals surface area (Å²) in [5.41, 5.74) is -0.0588. The molecule has 1 fully saturated rings. The zero-order valence-electron chi connectivity index (χ0n) is 12.4. The molecular formula is C16H12ClFN4O2. The second kappa shape index (κ2) is 6.81. The Morgan fingerprint density at radius 2 is 2.21 bits per heavy atom. The van der Waals surface area contributed by atoms with Gasteiger partial charge in [-0.15, -0.1) is 0 Å². The lowest BCUT2D eigenvalue weighted by molar-refractivity contribution is 0.0766. The summed E-state index contributed by atoms with van der Waals surface area (Å²) < 4.78 is 19.5. The van der Waals surface area contributed by atoms with Crippen molar-refractivity contribution in [1.29, 1.82) is 5.26 Å². The average molecular weight is 347 g/mol. The molecule has 0 aliphatic carbocycles. The first-order valence-corrected chi connectivity index (χ1v) is 7.59. The molecule has 0 bridgehead atoms. The van der Waals surface area contributed by atoms with E-state index in [1.54, 1.807) is 0 Å². The van der Waals surface area contributed by atoms with Crippen LogP contribution in [0.5, 0.6) is 5.88 Å². The molecule has 0 N–H and O–H groups in total. The van der Waals surface area contributed by atoms with Crippen molar-refractivity contribution >= 4 is 17.5 Å². The highest BCUT2D eigenvalue weighted by molar-refractivity contribution is 6.33. The number of carbonyl (C=O) groups is 1. The van der Waals surface area contributed by atoms with Crippen molar-refractivity contribution < 1.29 is 13.9 Å². The number of halogens is 2. The number of hydrogen-bond acceptors (Lipinski definition) is 5. The lowest BCUT2D eigenvalue weighted by atomic mass is 10.2. The highest BCUT2D eigenvalue weighted by Gasteiger charge is 2.31. The van der Waals surface area contributed by atoms with Gasteiger partial charge in [0.05, 0.1) is 17.1 Å². The fraction of sp³-hybridized carbons (Fsp3) is 0.250. The van der Waals surface area contributed by atoms with Gasteiger partial charge >= 0.3 is 0 Å². The predicted molar refractivity (Wildman–Crippen MR) is 83.1 cm³/mol. The van der Waals surface area contributed by atoms with Crippen LogP contribution >= 0.6 is 11.6 Å². The molecule has 1 aliphatic heterocycles. The van der Waals surface area contributed by atoms with Gasteiger partial charge in [0, 0.05) is 25.4 Å². The van der Waals surface area contributed by atoms with Crippen molar-refractivity contribution in [3.05, 3.63) is 52.7 Å². The van der Waals surface area contributed by atoms with Crippen LogP contribution in [0.2, 0.25) is 5.02 Å². The SMILES string of the molecule is N#Cc1nccnc1OC1CCN(C(=O)c2c(F)cccc2Cl)C1. The molecule has 1 aromatic heterocycles. The van der Waals surface area contributed by atoms with Crippen LogP contribution < -0.4 is 4.74 Å². The predicted octanol–water partition coefficient (Wildman–Crippen LogP) is 2.43. The van der Waals surface area contributed by atoms with Gasteiger partial charge in [-0.3, -0.25) is 4.79 Å². The second-order valence-corrected chi connectivity index (χ2v) is 5.61. The molecule has 24 heavy (non-hydrogen) atoms. The van der Waals surface area contributed by atoms with Crippen LogP contribution in [0.25, 0.3) is 0 Å². The molecule has 1 aromatic carbocycles. The molecule has 2 heterocycles. The number of benzene rings is 1. The van der Waals surface area contributed by atoms with E-state index in [0.29, 0.717) is 13.0 Å². The van der Waals surface area contributed by atoms with E-state index in [1.807, 2.05) is 6.07 Å². The Kier molecular flexibility index (Phi) is 4.58. The topological polar surface area (TPSA) is 79.1 Å². The molecule has 122 valence electrons. The number of likely N-dealkylation sites (tertiary alicyclic amines) is 1. The Morgan fingerprint density at radius 1 is 1.42 bits per heavy atom. The minimum absolute atomic E-state index is 0.0741. The summed E-state index contributed by atoms with van der Waals surface area (Å²) in [4.78, 5) is 21.8. The van der Waals surface area contributed by atoms with Crippen molar-refractivity contribution in [3.63, 3.8) is 0 Å². The van der Waals surface area contributed by atoms with Crippen LogP contribution in [-0.2, 0) is 0 Å². The lowest BCUT2D eigenvalue weighted by Gasteiger charge is -2.18. The smallest absolute Gasteiger partial charge is 0.258 e. The molecule has 6 nitrogen and oxygen atoms in total. The molecule has 1 amide bonds. The summed E-state index contributed by atoms with van der Waals surface area (Å²) in [7, 11) is 0. The van der Waals surface area contributed by atoms with Gasteiger partial charge < -0.3 is 9.64 Å². The third-order valence-corrected chi connectivity index (χ3v) is 3.97. The van der Waals surface area contributed by atoms with E-state index in [9.17, 15) is 9.18 Å². The minimum Gasteiger partial charge on any atom is -0.470 e. The van der Waals surface area contributed by atoms with Crippen molar-refractivity contribution in [2.45, 2.75) is 12.5 Å². The third-order valence-electron chi connectivity index (χ3n) is 3.66. The third kappa shape index (κ3) is 3.14. The molecule has 3 rings (SSSR count). The Labute approximate surface area is 142 Å². The van der Waals surface area contributed by atoms with Gasteiger partial charge in [-0.25, -0.2) is 14.4 Å². The maximum atomic E-state index is 13.9. The van der Waals surface area contributed by atoms with Gasteiger partial charge in [0.25, 0.3) is 11.8 Å². The molecule has 8 heteroatoms. The van der Waals surface area contributed by atoms with E-state index in [-0.39, 0.29) is 34.8 Å². The van der Waals surface area contributed by atoms with Gasteiger partial charge in [0.15, 0.2) is 0 Å². The standard InChI is InChI=1S/C16H12ClFN4O2/c17-11-2-1-3-12(18)14(11)16(23)22-7-4-10(9-22)24-15-13(8-19)20-5-6-21-15/h1-3,5-6,10H,4,7,9H2. The molecule has 0 saturated carbocycles. The van der Waals surface area contributed by atoms with E-state index in [4.69, 9.17) is 21.6 Å². The Bertz CT molecular complexity index is 804. The highest BCUT2D eigenvalue weighted by Crippen LogP contribution is 2.24. The number of carbonyl (C=O) groups excluding carboxylic acids is 1. The summed E-state index contributed by atoms with van der Waals surface area (Å²) in [6, 6.07) is 6.01. The first-order chi connectivity index (χ1) is 11.6. The van der Waals surface area contributed by atoms with E-state index < -0.39 is 11.7 Å². The number of aromatic nitrogens is 2. The number of amides is 1. The Balaban J connectivity index is 1.72. The monoisotopic (exact) mass is 346 g/mol. The molecule has 0 radical (unpaired) electrons. The quantitative estimate of drug-likeness (QED) is 0.852. The largest absolute Gasteiger partial charge is 0.470 e. The van der Waals surface area contributed by atoms with Crippen molar-refractivity contribution in [2.75, 3.05) is 13.1 Å². The van der Waals surface area contributed by atoms with Crippen LogP contribution in [0, 0.1) is 17.1 Å². The molecule has 1 aliphatic rings. The van der Waals surface area contributed by atoms with E-state index >= 15 is 0 Å². The van der Waals surface area contributed by atoms with Crippen LogP contribution in [0.4, 0.5) is 4.39 Å². The lowest BCUT2D eigenvalue weighted by Crippen LogP contribution is -2.32. The molecular weight excluding hydrogens is 335 g/mol. The fourth-order valence-electron chi connectivity index (χ4n) is 2.52. The van der Waals surface area contributed by atoms with Gasteiger partial charge in [-0.05, 0) is 12.1 Å². The normalized spacial score (nSPS) is 16.7. The maximum Gasteiger partial charge on any atom is 0.258 e. The molecule has 0 spiro atoms. The molecule has 1 unspecified atom stereocenters. The first kappa shape index (κ1) is 16.1. The molecule has 1 atom stereocenters. The second-order valence-electron chi connectivity index (χ2n) is 5.20. The number of nitriles is 1. The summed E-state index contributed by atoms with van der Waals surface area (Å²) in [6.07, 6.45) is 3.02. The number of ether oxygens (including phenoxy) is 1. The van der Waals surface area contributed by atoms with Gasteiger partial charge in [-0.2, -0.15) is 5.26 Å². The van der Waals surface area contributed by atoms with Crippen LogP contribution in [0.3, 0.4) is 0 Å². The van der Waals surface area contributed by atoms with Gasteiger partial charge in [0.2, 0.25) is 5.69 Å². The average Bonchev–Trinajstić information content (AvgIpc) is 3.03. The Morgan fingerprint density at radius 3 is 2.96 bits per heavy atom. The van der Waals surface area contributed by atoms with Crippen LogP contribution in [0.1, 0.15) is 22.5 Å². The molecule has 2 aromatic rings. The summed E-state index contributed by atoms with van der Waals surface area (Å²) >= 11 is 5.94. The zero-order valence-corrected chi connectivity index (χ0v) is 13.2. The summed E-state index contributed by atoms with van der Waals surface area (Å²) in [5, 5.41) is 9.06. The van der Waals surface area contributed by atoms with E-state index in [2.05, 4.69) is 9.97 Å². The summed E-state index contributed by atoms with van der Waals surface area (Å²) in [5.74, 6) is -1.01. The number of rotatable bonds is 3. The number of nitrogens with zero attached hydrogens (tertiary/aromatic N) is 4. The summed E-state index contributed by atoms with van der Waals surface area (Å²) in [6.45, 7) is 0.654. The van der Waals surface area contributed by atoms with Crippen molar-refractivity contribution in [3.8, 4) is 11.9 Å². The van der Waals surface area contributed by atoms with Gasteiger partial charge in [0.1, 0.15) is 18.0 Å². The first-order valence-electron chi connectivity index (χ1n) is 7.21. The van der Waals surface area contributed by atoms with Gasteiger partial charge in [-0.1, -0.05) is 17.7 Å². The van der Waals surface area contributed by atoms with Crippen molar-refractivity contribution in [2.24, 2.45) is 0 Å². The van der Waals surface area contributed by atoms with Crippen molar-refractivity contribution in [1.82, 2.24) is 14.9 Å². The maximum absolute atomic E-state index is 13.9. The van der Waals surface area contributed by atoms with Crippen LogP contribution in [0.15, 0.2) is 30.6 Å². The van der Waals surface area contributed by atoms with E-state index in [0.717, 1.165) is 0 Å². The van der Waals surface area contributed by atoms with Crippen LogP contribution in [-0.4, -0.2) is 40.0 Å². The Hall–Kier alpha value is -2.72. The zero-order chi connectivity index (χ0) is 17.1. The van der Waals surface area contributed by atoms with E-state index in [1.165, 1.54) is 35.5 Å². The minimum atomic E-state index is -0.655.